The van der Waals surface area contributed by atoms with Crippen molar-refractivity contribution in [1.82, 2.24) is 0 Å². The summed E-state index contributed by atoms with van der Waals surface area (Å²) in [6.45, 7) is 2.02. The lowest BCUT2D eigenvalue weighted by Gasteiger charge is -2.06. The highest BCUT2D eigenvalue weighted by molar-refractivity contribution is 5.93. The number of esters is 1. The van der Waals surface area contributed by atoms with Crippen LogP contribution in [0.15, 0.2) is 18.2 Å². The van der Waals surface area contributed by atoms with Gasteiger partial charge < -0.3 is 15.2 Å². The molecule has 0 bridgehead atoms. The number of aromatic hydroxyl groups is 1. The Labute approximate surface area is 82.5 Å². The van der Waals surface area contributed by atoms with Crippen LogP contribution in [0.4, 0.5) is 5.69 Å². The Kier molecular flexibility index (Phi) is 3.34. The number of carbonyl (C=O) groups excluding carboxylic acids is 1. The van der Waals surface area contributed by atoms with Gasteiger partial charge in [-0.2, -0.15) is 0 Å². The number of anilines is 1. The minimum Gasteiger partial charge on any atom is -0.507 e. The van der Waals surface area contributed by atoms with Gasteiger partial charge >= 0.3 is 5.97 Å². The normalized spacial score (nSPS) is 9.57. The summed E-state index contributed by atoms with van der Waals surface area (Å²) in [6.07, 6.45) is 0. The van der Waals surface area contributed by atoms with Crippen LogP contribution in [0, 0.1) is 0 Å². The first-order chi connectivity index (χ1) is 6.69. The largest absolute Gasteiger partial charge is 0.507 e. The van der Waals surface area contributed by atoms with E-state index in [9.17, 15) is 9.90 Å². The highest BCUT2D eigenvalue weighted by Gasteiger charge is 2.11. The zero-order valence-corrected chi connectivity index (χ0v) is 8.20. The van der Waals surface area contributed by atoms with E-state index in [2.05, 4.69) is 5.32 Å². The van der Waals surface area contributed by atoms with E-state index in [1.54, 1.807) is 20.0 Å². The predicted molar refractivity (Wildman–Crippen MR) is 53.6 cm³/mol. The van der Waals surface area contributed by atoms with Crippen molar-refractivity contribution >= 4 is 11.7 Å². The van der Waals surface area contributed by atoms with E-state index in [1.165, 1.54) is 12.1 Å². The lowest BCUT2D eigenvalue weighted by atomic mass is 10.2. The van der Waals surface area contributed by atoms with Crippen LogP contribution in [0.1, 0.15) is 17.3 Å². The summed E-state index contributed by atoms with van der Waals surface area (Å²) in [7, 11) is 1.73. The van der Waals surface area contributed by atoms with E-state index in [1.807, 2.05) is 0 Å². The van der Waals surface area contributed by atoms with E-state index in [0.29, 0.717) is 6.61 Å². The van der Waals surface area contributed by atoms with Crippen molar-refractivity contribution in [1.29, 1.82) is 0 Å². The van der Waals surface area contributed by atoms with Crippen LogP contribution in [0.25, 0.3) is 0 Å². The lowest BCUT2D eigenvalue weighted by Crippen LogP contribution is -2.05. The van der Waals surface area contributed by atoms with Gasteiger partial charge in [-0.3, -0.25) is 0 Å². The molecule has 1 aromatic carbocycles. The molecule has 1 rings (SSSR count). The molecule has 76 valence electrons. The highest BCUT2D eigenvalue weighted by Crippen LogP contribution is 2.22. The molecule has 0 spiro atoms. The first-order valence-electron chi connectivity index (χ1n) is 4.37. The van der Waals surface area contributed by atoms with Crippen LogP contribution in [0.5, 0.6) is 5.75 Å². The van der Waals surface area contributed by atoms with Crippen molar-refractivity contribution in [2.45, 2.75) is 6.92 Å². The quantitative estimate of drug-likeness (QED) is 0.719. The molecule has 0 atom stereocenters. The molecule has 0 aliphatic carbocycles. The fourth-order valence-corrected chi connectivity index (χ4v) is 1.07. The second kappa shape index (κ2) is 4.50. The topological polar surface area (TPSA) is 58.6 Å². The molecule has 0 aliphatic heterocycles. The number of benzene rings is 1. The molecule has 4 nitrogen and oxygen atoms in total. The molecule has 14 heavy (non-hydrogen) atoms. The maximum Gasteiger partial charge on any atom is 0.341 e. The first kappa shape index (κ1) is 10.4. The van der Waals surface area contributed by atoms with Gasteiger partial charge in [0.25, 0.3) is 0 Å². The first-order valence-corrected chi connectivity index (χ1v) is 4.37. The summed E-state index contributed by atoms with van der Waals surface area (Å²) in [5.41, 5.74) is 0.932. The van der Waals surface area contributed by atoms with Gasteiger partial charge in [0.15, 0.2) is 0 Å². The van der Waals surface area contributed by atoms with Gasteiger partial charge in [-0.1, -0.05) is 0 Å². The van der Waals surface area contributed by atoms with Crippen molar-refractivity contribution in [3.8, 4) is 5.75 Å². The van der Waals surface area contributed by atoms with Gasteiger partial charge in [0.1, 0.15) is 11.3 Å². The zero-order valence-electron chi connectivity index (χ0n) is 8.20. The second-order valence-electron chi connectivity index (χ2n) is 2.70. The van der Waals surface area contributed by atoms with Crippen molar-refractivity contribution in [2.24, 2.45) is 0 Å². The van der Waals surface area contributed by atoms with Gasteiger partial charge in [-0.25, -0.2) is 4.79 Å². The predicted octanol–water partition coefficient (Wildman–Crippen LogP) is 1.61. The summed E-state index contributed by atoms with van der Waals surface area (Å²) in [6, 6.07) is 4.71. The summed E-state index contributed by atoms with van der Waals surface area (Å²) in [4.78, 5) is 11.3. The monoisotopic (exact) mass is 195 g/mol. The summed E-state index contributed by atoms with van der Waals surface area (Å²) in [5, 5.41) is 12.3. The Balaban J connectivity index is 2.94. The van der Waals surface area contributed by atoms with Crippen LogP contribution in [0.2, 0.25) is 0 Å². The van der Waals surface area contributed by atoms with E-state index in [-0.39, 0.29) is 11.3 Å². The molecule has 0 radical (unpaired) electrons. The van der Waals surface area contributed by atoms with Crippen molar-refractivity contribution in [2.75, 3.05) is 19.0 Å². The Morgan fingerprint density at radius 1 is 1.57 bits per heavy atom. The molecule has 0 heterocycles. The third-order valence-electron chi connectivity index (χ3n) is 1.78. The summed E-state index contributed by atoms with van der Waals surface area (Å²) < 4.78 is 4.76. The third kappa shape index (κ3) is 2.16. The van der Waals surface area contributed by atoms with E-state index >= 15 is 0 Å². The van der Waals surface area contributed by atoms with Gasteiger partial charge in [-0.05, 0) is 19.1 Å². The average Bonchev–Trinajstić information content (AvgIpc) is 2.17. The van der Waals surface area contributed by atoms with Gasteiger partial charge in [-0.15, -0.1) is 0 Å². The molecule has 1 aromatic rings. The fraction of sp³-hybridized carbons (Fsp3) is 0.300. The molecular formula is C10H13NO3. The molecule has 0 aliphatic rings. The maximum atomic E-state index is 11.3. The Hall–Kier alpha value is -1.71. The molecule has 0 fully saturated rings. The van der Waals surface area contributed by atoms with Crippen molar-refractivity contribution in [3.63, 3.8) is 0 Å². The third-order valence-corrected chi connectivity index (χ3v) is 1.78. The maximum absolute atomic E-state index is 11.3. The fourth-order valence-electron chi connectivity index (χ4n) is 1.07. The number of carbonyl (C=O) groups is 1. The van der Waals surface area contributed by atoms with E-state index in [4.69, 9.17) is 4.74 Å². The number of nitrogens with one attached hydrogen (secondary N) is 1. The highest BCUT2D eigenvalue weighted by atomic mass is 16.5. The van der Waals surface area contributed by atoms with Crippen LogP contribution in [0.3, 0.4) is 0 Å². The van der Waals surface area contributed by atoms with Crippen LogP contribution < -0.4 is 5.32 Å². The molecule has 2 N–H and O–H groups in total. The Morgan fingerprint density at radius 3 is 2.79 bits per heavy atom. The van der Waals surface area contributed by atoms with Crippen molar-refractivity contribution in [3.05, 3.63) is 23.8 Å². The Bertz CT molecular complexity index is 336. The number of phenolic OH excluding ortho intramolecular Hbond substituents is 1. The summed E-state index contributed by atoms with van der Waals surface area (Å²) >= 11 is 0. The average molecular weight is 195 g/mol. The summed E-state index contributed by atoms with van der Waals surface area (Å²) in [5.74, 6) is -0.581. The Morgan fingerprint density at radius 2 is 2.29 bits per heavy atom. The number of rotatable bonds is 3. The molecule has 0 amide bonds. The molecule has 0 unspecified atom stereocenters. The van der Waals surface area contributed by atoms with Crippen LogP contribution >= 0.6 is 0 Å². The van der Waals surface area contributed by atoms with Gasteiger partial charge in [0.2, 0.25) is 0 Å². The SMILES string of the molecule is CCOC(=O)c1ccc(NC)cc1O. The number of hydrogen-bond donors (Lipinski definition) is 2. The molecular weight excluding hydrogens is 182 g/mol. The minimum atomic E-state index is -0.507. The van der Waals surface area contributed by atoms with Crippen LogP contribution in [-0.2, 0) is 4.74 Å². The minimum absolute atomic E-state index is 0.0738. The van der Waals surface area contributed by atoms with Gasteiger partial charge in [0, 0.05) is 18.8 Å². The standard InChI is InChI=1S/C10H13NO3/c1-3-14-10(13)8-5-4-7(11-2)6-9(8)12/h4-6,11-12H,3H2,1-2H3. The second-order valence-corrected chi connectivity index (χ2v) is 2.70. The number of hydrogen-bond acceptors (Lipinski definition) is 4. The van der Waals surface area contributed by atoms with E-state index in [0.717, 1.165) is 5.69 Å². The van der Waals surface area contributed by atoms with E-state index < -0.39 is 5.97 Å². The van der Waals surface area contributed by atoms with Crippen LogP contribution in [-0.4, -0.2) is 24.7 Å². The number of phenols is 1. The zero-order chi connectivity index (χ0) is 10.6. The van der Waals surface area contributed by atoms with Crippen molar-refractivity contribution < 1.29 is 14.6 Å². The molecule has 0 saturated heterocycles. The molecule has 0 aromatic heterocycles. The molecule has 0 saturated carbocycles. The lowest BCUT2D eigenvalue weighted by molar-refractivity contribution is 0.0523. The smallest absolute Gasteiger partial charge is 0.341 e. The van der Waals surface area contributed by atoms with Gasteiger partial charge in [0.05, 0.1) is 6.61 Å². The number of ether oxygens (including phenoxy) is 1. The molecule has 4 heteroatoms.